The topological polar surface area (TPSA) is 88.1 Å². The molecule has 0 saturated carbocycles. The van der Waals surface area contributed by atoms with Gasteiger partial charge in [0.05, 0.1) is 18.8 Å². The predicted octanol–water partition coefficient (Wildman–Crippen LogP) is 1.71. The van der Waals surface area contributed by atoms with Gasteiger partial charge >= 0.3 is 6.09 Å². The summed E-state index contributed by atoms with van der Waals surface area (Å²) >= 11 is 3.99. The summed E-state index contributed by atoms with van der Waals surface area (Å²) < 4.78 is 11.1. The molecule has 8 heteroatoms. The van der Waals surface area contributed by atoms with E-state index in [2.05, 4.69) is 17.9 Å². The SMILES string of the molecule is CC(C)(C)OC(=O)N1[C@H]([C@H](O)/C=C/CNC(=O)CCS)COC1(C)C. The summed E-state index contributed by atoms with van der Waals surface area (Å²) in [4.78, 5) is 25.3. The van der Waals surface area contributed by atoms with E-state index in [1.807, 2.05) is 0 Å². The van der Waals surface area contributed by atoms with E-state index in [1.165, 1.54) is 4.90 Å². The van der Waals surface area contributed by atoms with E-state index >= 15 is 0 Å². The number of hydrogen-bond acceptors (Lipinski definition) is 6. The highest BCUT2D eigenvalue weighted by atomic mass is 32.1. The minimum Gasteiger partial charge on any atom is -0.444 e. The van der Waals surface area contributed by atoms with E-state index in [1.54, 1.807) is 46.8 Å². The molecular weight excluding hydrogens is 344 g/mol. The Morgan fingerprint density at radius 3 is 2.68 bits per heavy atom. The van der Waals surface area contributed by atoms with Gasteiger partial charge in [-0.05, 0) is 40.4 Å². The van der Waals surface area contributed by atoms with Crippen molar-refractivity contribution in [1.82, 2.24) is 10.2 Å². The molecule has 0 bridgehead atoms. The molecule has 144 valence electrons. The van der Waals surface area contributed by atoms with Crippen LogP contribution in [0, 0.1) is 0 Å². The number of rotatable bonds is 6. The number of nitrogens with zero attached hydrogens (tertiary/aromatic N) is 1. The summed E-state index contributed by atoms with van der Waals surface area (Å²) in [5, 5.41) is 13.1. The summed E-state index contributed by atoms with van der Waals surface area (Å²) in [6.07, 6.45) is 2.08. The van der Waals surface area contributed by atoms with Gasteiger partial charge in [-0.1, -0.05) is 12.2 Å². The first-order chi connectivity index (χ1) is 11.5. The number of carbonyl (C=O) groups excluding carboxylic acids is 2. The first-order valence-corrected chi connectivity index (χ1v) is 9.00. The Balaban J connectivity index is 2.70. The largest absolute Gasteiger partial charge is 0.444 e. The maximum atomic E-state index is 12.5. The van der Waals surface area contributed by atoms with Gasteiger partial charge in [-0.15, -0.1) is 0 Å². The molecule has 2 N–H and O–H groups in total. The molecule has 0 aromatic rings. The van der Waals surface area contributed by atoms with Crippen LogP contribution in [0.3, 0.4) is 0 Å². The maximum Gasteiger partial charge on any atom is 0.413 e. The molecule has 1 fully saturated rings. The van der Waals surface area contributed by atoms with Crippen molar-refractivity contribution in [2.24, 2.45) is 0 Å². The fraction of sp³-hybridized carbons (Fsp3) is 0.765. The highest BCUT2D eigenvalue weighted by Crippen LogP contribution is 2.31. The highest BCUT2D eigenvalue weighted by molar-refractivity contribution is 7.80. The predicted molar refractivity (Wildman–Crippen MR) is 98.5 cm³/mol. The van der Waals surface area contributed by atoms with Gasteiger partial charge in [0, 0.05) is 13.0 Å². The minimum absolute atomic E-state index is 0.102. The van der Waals surface area contributed by atoms with Crippen molar-refractivity contribution < 1.29 is 24.2 Å². The van der Waals surface area contributed by atoms with Gasteiger partial charge < -0.3 is 19.9 Å². The van der Waals surface area contributed by atoms with Gasteiger partial charge in [0.25, 0.3) is 0 Å². The van der Waals surface area contributed by atoms with Crippen molar-refractivity contribution in [1.29, 1.82) is 0 Å². The molecule has 7 nitrogen and oxygen atoms in total. The fourth-order valence-electron chi connectivity index (χ4n) is 2.45. The summed E-state index contributed by atoms with van der Waals surface area (Å²) in [7, 11) is 0. The summed E-state index contributed by atoms with van der Waals surface area (Å²) in [6.45, 7) is 9.36. The first-order valence-electron chi connectivity index (χ1n) is 8.36. The number of hydrogen-bond donors (Lipinski definition) is 3. The molecule has 1 aliphatic rings. The molecule has 0 aromatic heterocycles. The first kappa shape index (κ1) is 21.8. The molecule has 1 heterocycles. The van der Waals surface area contributed by atoms with E-state index in [0.29, 0.717) is 18.7 Å². The Labute approximate surface area is 155 Å². The van der Waals surface area contributed by atoms with Crippen molar-refractivity contribution in [3.05, 3.63) is 12.2 Å². The molecule has 0 unspecified atom stereocenters. The van der Waals surface area contributed by atoms with Crippen LogP contribution in [-0.4, -0.2) is 64.4 Å². The molecule has 0 aromatic carbocycles. The molecule has 1 rings (SSSR count). The number of aliphatic hydroxyl groups is 1. The third-order valence-electron chi connectivity index (χ3n) is 3.59. The van der Waals surface area contributed by atoms with Crippen LogP contribution in [0.1, 0.15) is 41.0 Å². The number of aliphatic hydroxyl groups excluding tert-OH is 1. The average molecular weight is 375 g/mol. The van der Waals surface area contributed by atoms with Crippen LogP contribution in [0.4, 0.5) is 4.79 Å². The van der Waals surface area contributed by atoms with Crippen molar-refractivity contribution in [2.75, 3.05) is 18.9 Å². The standard InChI is InChI=1S/C17H30N2O5S/c1-16(2,3)24-15(22)19-12(11-23-17(19,4)5)13(20)7-6-9-18-14(21)8-10-25/h6-7,12-13,20,25H,8-11H2,1-5H3,(H,18,21)/b7-6+/t12-,13+/m0/s1. The van der Waals surface area contributed by atoms with Crippen LogP contribution in [0.5, 0.6) is 0 Å². The smallest absolute Gasteiger partial charge is 0.413 e. The van der Waals surface area contributed by atoms with Gasteiger partial charge in [-0.25, -0.2) is 4.79 Å². The lowest BCUT2D eigenvalue weighted by molar-refractivity contribution is -0.120. The molecule has 0 radical (unpaired) electrons. The van der Waals surface area contributed by atoms with Gasteiger partial charge in [0.15, 0.2) is 0 Å². The quantitative estimate of drug-likeness (QED) is 0.487. The zero-order valence-electron chi connectivity index (χ0n) is 15.6. The fourth-order valence-corrected chi connectivity index (χ4v) is 2.65. The van der Waals surface area contributed by atoms with Crippen LogP contribution < -0.4 is 5.32 Å². The van der Waals surface area contributed by atoms with Crippen LogP contribution in [0.15, 0.2) is 12.2 Å². The second-order valence-electron chi connectivity index (χ2n) is 7.37. The minimum atomic E-state index is -0.934. The van der Waals surface area contributed by atoms with E-state index in [9.17, 15) is 14.7 Å². The highest BCUT2D eigenvalue weighted by Gasteiger charge is 2.47. The molecule has 0 spiro atoms. The molecule has 1 aliphatic heterocycles. The van der Waals surface area contributed by atoms with E-state index in [-0.39, 0.29) is 12.5 Å². The van der Waals surface area contributed by atoms with Crippen molar-refractivity contribution in [3.63, 3.8) is 0 Å². The average Bonchev–Trinajstić information content (AvgIpc) is 2.77. The van der Waals surface area contributed by atoms with E-state index < -0.39 is 29.6 Å². The lowest BCUT2D eigenvalue weighted by Crippen LogP contribution is -2.53. The Kier molecular flexibility index (Phi) is 7.77. The second-order valence-corrected chi connectivity index (χ2v) is 7.82. The Morgan fingerprint density at radius 1 is 1.48 bits per heavy atom. The number of carbonyl (C=O) groups is 2. The number of thiol groups is 1. The molecule has 1 saturated heterocycles. The van der Waals surface area contributed by atoms with Gasteiger partial charge in [0.2, 0.25) is 5.91 Å². The van der Waals surface area contributed by atoms with Crippen molar-refractivity contribution in [3.8, 4) is 0 Å². The van der Waals surface area contributed by atoms with Gasteiger partial charge in [-0.2, -0.15) is 12.6 Å². The number of amides is 2. The van der Waals surface area contributed by atoms with Crippen LogP contribution >= 0.6 is 12.6 Å². The van der Waals surface area contributed by atoms with E-state index in [0.717, 1.165) is 0 Å². The normalized spacial score (nSPS) is 21.4. The Hall–Kier alpha value is -1.25. The molecule has 0 aliphatic carbocycles. The molecule has 2 amide bonds. The summed E-state index contributed by atoms with van der Waals surface area (Å²) in [6, 6.07) is -0.561. The Morgan fingerprint density at radius 2 is 2.12 bits per heavy atom. The number of nitrogens with one attached hydrogen (secondary N) is 1. The van der Waals surface area contributed by atoms with Crippen LogP contribution in [-0.2, 0) is 14.3 Å². The van der Waals surface area contributed by atoms with Crippen molar-refractivity contribution >= 4 is 24.6 Å². The van der Waals surface area contributed by atoms with E-state index in [4.69, 9.17) is 9.47 Å². The van der Waals surface area contributed by atoms with Crippen molar-refractivity contribution in [2.45, 2.75) is 64.5 Å². The molecule has 25 heavy (non-hydrogen) atoms. The third kappa shape index (κ3) is 6.87. The van der Waals surface area contributed by atoms with Gasteiger partial charge in [0.1, 0.15) is 11.3 Å². The molecular formula is C17H30N2O5S. The van der Waals surface area contributed by atoms with Gasteiger partial charge in [-0.3, -0.25) is 9.69 Å². The second kappa shape index (κ2) is 8.91. The molecule has 2 atom stereocenters. The third-order valence-corrected chi connectivity index (χ3v) is 3.82. The summed E-state index contributed by atoms with van der Waals surface area (Å²) in [5.41, 5.74) is -1.51. The maximum absolute atomic E-state index is 12.5. The monoisotopic (exact) mass is 374 g/mol. The zero-order valence-corrected chi connectivity index (χ0v) is 16.5. The Bertz CT molecular complexity index is 502. The summed E-state index contributed by atoms with van der Waals surface area (Å²) in [5.74, 6) is 0.382. The lowest BCUT2D eigenvalue weighted by Gasteiger charge is -2.36. The van der Waals surface area contributed by atoms with Crippen LogP contribution in [0.2, 0.25) is 0 Å². The lowest BCUT2D eigenvalue weighted by atomic mass is 10.1. The van der Waals surface area contributed by atoms with Crippen LogP contribution in [0.25, 0.3) is 0 Å². The number of ether oxygens (including phenoxy) is 2. The zero-order chi connectivity index (χ0) is 19.3.